The monoisotopic (exact) mass is 325 g/mol. The second-order valence-corrected chi connectivity index (χ2v) is 6.10. The third-order valence-electron chi connectivity index (χ3n) is 4.28. The molecule has 0 fully saturated rings. The van der Waals surface area contributed by atoms with E-state index in [0.717, 1.165) is 24.2 Å². The van der Waals surface area contributed by atoms with E-state index in [0.29, 0.717) is 5.82 Å². The lowest BCUT2D eigenvalue weighted by Gasteiger charge is -2.21. The van der Waals surface area contributed by atoms with E-state index in [4.69, 9.17) is 0 Å². The molecule has 1 aliphatic rings. The van der Waals surface area contributed by atoms with Crippen molar-refractivity contribution in [3.8, 4) is 11.4 Å². The highest BCUT2D eigenvalue weighted by Crippen LogP contribution is 2.21. The standard InChI is InChI=1S/C18H23N5O/c1-13(14-8-4-3-5-9-14)20-18(24)21-17-12-16(22-23(17)2)15-10-6-7-11-19-15/h6-8,10-13H,3-5,9H2,1-2H3,(H2,20,21,24)/t13-/m0/s1. The number of hydrogen-bond donors (Lipinski definition) is 2. The number of pyridine rings is 1. The number of carbonyl (C=O) groups is 1. The fraction of sp³-hybridized carbons (Fsp3) is 0.389. The minimum atomic E-state index is -0.218. The number of rotatable bonds is 4. The maximum Gasteiger partial charge on any atom is 0.320 e. The number of anilines is 1. The minimum Gasteiger partial charge on any atom is -0.332 e. The highest BCUT2D eigenvalue weighted by molar-refractivity contribution is 5.89. The highest BCUT2D eigenvalue weighted by Gasteiger charge is 2.15. The van der Waals surface area contributed by atoms with E-state index >= 15 is 0 Å². The molecule has 6 heteroatoms. The quantitative estimate of drug-likeness (QED) is 0.845. The number of amides is 2. The van der Waals surface area contributed by atoms with Crippen molar-refractivity contribution in [1.82, 2.24) is 20.1 Å². The molecule has 0 bridgehead atoms. The van der Waals surface area contributed by atoms with Crippen molar-refractivity contribution in [2.75, 3.05) is 5.32 Å². The molecule has 126 valence electrons. The number of aromatic nitrogens is 3. The van der Waals surface area contributed by atoms with Crippen LogP contribution >= 0.6 is 0 Å². The molecule has 1 atom stereocenters. The third-order valence-corrected chi connectivity index (χ3v) is 4.28. The third kappa shape index (κ3) is 3.82. The normalized spacial score (nSPS) is 15.5. The summed E-state index contributed by atoms with van der Waals surface area (Å²) in [7, 11) is 1.80. The first-order valence-electron chi connectivity index (χ1n) is 8.35. The van der Waals surface area contributed by atoms with Crippen LogP contribution in [-0.4, -0.2) is 26.8 Å². The molecule has 24 heavy (non-hydrogen) atoms. The topological polar surface area (TPSA) is 71.8 Å². The minimum absolute atomic E-state index is 0.0498. The van der Waals surface area contributed by atoms with Gasteiger partial charge in [-0.25, -0.2) is 4.79 Å². The Morgan fingerprint density at radius 2 is 2.17 bits per heavy atom. The summed E-state index contributed by atoms with van der Waals surface area (Å²) in [6, 6.07) is 7.32. The Kier molecular flexibility index (Phi) is 4.93. The van der Waals surface area contributed by atoms with Crippen molar-refractivity contribution in [2.45, 2.75) is 38.6 Å². The Labute approximate surface area is 142 Å². The van der Waals surface area contributed by atoms with Crippen LogP contribution in [0.15, 0.2) is 42.1 Å². The number of carbonyl (C=O) groups excluding carboxylic acids is 1. The predicted octanol–water partition coefficient (Wildman–Crippen LogP) is 3.49. The Morgan fingerprint density at radius 3 is 2.88 bits per heavy atom. The van der Waals surface area contributed by atoms with Gasteiger partial charge in [0.1, 0.15) is 11.5 Å². The van der Waals surface area contributed by atoms with Crippen LogP contribution in [0, 0.1) is 0 Å². The Bertz CT molecular complexity index is 735. The van der Waals surface area contributed by atoms with Crippen LogP contribution in [0.1, 0.15) is 32.6 Å². The van der Waals surface area contributed by atoms with Gasteiger partial charge in [-0.3, -0.25) is 15.0 Å². The van der Waals surface area contributed by atoms with Gasteiger partial charge in [0.05, 0.1) is 5.69 Å². The molecule has 0 aromatic carbocycles. The Hall–Kier alpha value is -2.63. The average molecular weight is 325 g/mol. The molecule has 2 aromatic rings. The summed E-state index contributed by atoms with van der Waals surface area (Å²) in [6.07, 6.45) is 8.60. The molecule has 3 rings (SSSR count). The average Bonchev–Trinajstić information content (AvgIpc) is 2.97. The maximum atomic E-state index is 12.3. The molecule has 0 spiro atoms. The molecule has 0 saturated heterocycles. The van der Waals surface area contributed by atoms with Crippen LogP contribution in [0.3, 0.4) is 0 Å². The fourth-order valence-corrected chi connectivity index (χ4v) is 2.92. The van der Waals surface area contributed by atoms with E-state index in [-0.39, 0.29) is 12.1 Å². The van der Waals surface area contributed by atoms with Crippen LogP contribution < -0.4 is 10.6 Å². The summed E-state index contributed by atoms with van der Waals surface area (Å²) in [5, 5.41) is 10.3. The van der Waals surface area contributed by atoms with E-state index in [1.54, 1.807) is 17.9 Å². The first-order valence-corrected chi connectivity index (χ1v) is 8.35. The van der Waals surface area contributed by atoms with E-state index in [1.807, 2.05) is 31.2 Å². The molecule has 1 aliphatic carbocycles. The summed E-state index contributed by atoms with van der Waals surface area (Å²) in [5.74, 6) is 0.637. The summed E-state index contributed by atoms with van der Waals surface area (Å²) >= 11 is 0. The lowest BCUT2D eigenvalue weighted by Crippen LogP contribution is -2.38. The summed E-state index contributed by atoms with van der Waals surface area (Å²) in [4.78, 5) is 16.5. The zero-order valence-corrected chi connectivity index (χ0v) is 14.1. The van der Waals surface area contributed by atoms with Crippen molar-refractivity contribution in [3.63, 3.8) is 0 Å². The second-order valence-electron chi connectivity index (χ2n) is 6.10. The van der Waals surface area contributed by atoms with Crippen molar-refractivity contribution < 1.29 is 4.79 Å². The van der Waals surface area contributed by atoms with Crippen LogP contribution in [0.25, 0.3) is 11.4 Å². The second kappa shape index (κ2) is 7.29. The maximum absolute atomic E-state index is 12.3. The molecule has 0 unspecified atom stereocenters. The van der Waals surface area contributed by atoms with Crippen molar-refractivity contribution in [2.24, 2.45) is 7.05 Å². The van der Waals surface area contributed by atoms with Gasteiger partial charge < -0.3 is 5.32 Å². The van der Waals surface area contributed by atoms with Gasteiger partial charge in [0.15, 0.2) is 0 Å². The van der Waals surface area contributed by atoms with Crippen LogP contribution in [0.4, 0.5) is 10.6 Å². The van der Waals surface area contributed by atoms with Crippen molar-refractivity contribution >= 4 is 11.8 Å². The molecule has 2 aromatic heterocycles. The van der Waals surface area contributed by atoms with Gasteiger partial charge in [-0.1, -0.05) is 17.7 Å². The lowest BCUT2D eigenvalue weighted by molar-refractivity contribution is 0.250. The lowest BCUT2D eigenvalue weighted by atomic mass is 9.95. The first-order chi connectivity index (χ1) is 11.6. The van der Waals surface area contributed by atoms with Gasteiger partial charge in [-0.05, 0) is 44.7 Å². The fourth-order valence-electron chi connectivity index (χ4n) is 2.92. The van der Waals surface area contributed by atoms with E-state index in [2.05, 4.69) is 26.8 Å². The summed E-state index contributed by atoms with van der Waals surface area (Å²) < 4.78 is 1.65. The molecule has 0 aliphatic heterocycles. The molecule has 2 amide bonds. The van der Waals surface area contributed by atoms with Crippen molar-refractivity contribution in [3.05, 3.63) is 42.1 Å². The largest absolute Gasteiger partial charge is 0.332 e. The number of nitrogens with one attached hydrogen (secondary N) is 2. The highest BCUT2D eigenvalue weighted by atomic mass is 16.2. The Balaban J connectivity index is 1.64. The summed E-state index contributed by atoms with van der Waals surface area (Å²) in [6.45, 7) is 2.03. The first kappa shape index (κ1) is 16.2. The molecular formula is C18H23N5O. The molecule has 2 heterocycles. The van der Waals surface area contributed by atoms with Gasteiger partial charge in [-0.15, -0.1) is 0 Å². The van der Waals surface area contributed by atoms with Gasteiger partial charge in [0, 0.05) is 25.4 Å². The number of hydrogen-bond acceptors (Lipinski definition) is 3. The predicted molar refractivity (Wildman–Crippen MR) is 94.6 cm³/mol. The molecular weight excluding hydrogens is 302 g/mol. The SMILES string of the molecule is C[C@H](NC(=O)Nc1cc(-c2ccccn2)nn1C)C1=CCCCC1. The van der Waals surface area contributed by atoms with Gasteiger partial charge in [-0.2, -0.15) is 5.10 Å². The molecule has 0 radical (unpaired) electrons. The molecule has 2 N–H and O–H groups in total. The van der Waals surface area contributed by atoms with Crippen LogP contribution in [-0.2, 0) is 7.05 Å². The number of allylic oxidation sites excluding steroid dienone is 1. The molecule has 0 saturated carbocycles. The number of nitrogens with zero attached hydrogens (tertiary/aromatic N) is 3. The zero-order valence-electron chi connectivity index (χ0n) is 14.1. The van der Waals surface area contributed by atoms with E-state index in [1.165, 1.54) is 18.4 Å². The van der Waals surface area contributed by atoms with Crippen LogP contribution in [0.5, 0.6) is 0 Å². The summed E-state index contributed by atoms with van der Waals surface area (Å²) in [5.41, 5.74) is 2.83. The molecule has 6 nitrogen and oxygen atoms in total. The van der Waals surface area contributed by atoms with Gasteiger partial charge in [0.2, 0.25) is 0 Å². The van der Waals surface area contributed by atoms with E-state index < -0.39 is 0 Å². The van der Waals surface area contributed by atoms with Gasteiger partial charge >= 0.3 is 6.03 Å². The smallest absolute Gasteiger partial charge is 0.320 e. The number of aryl methyl sites for hydroxylation is 1. The zero-order chi connectivity index (χ0) is 16.9. The van der Waals surface area contributed by atoms with Gasteiger partial charge in [0.25, 0.3) is 0 Å². The number of urea groups is 1. The Morgan fingerprint density at radius 1 is 1.29 bits per heavy atom. The van der Waals surface area contributed by atoms with Crippen molar-refractivity contribution in [1.29, 1.82) is 0 Å². The van der Waals surface area contributed by atoms with Crippen LogP contribution in [0.2, 0.25) is 0 Å². The van der Waals surface area contributed by atoms with E-state index in [9.17, 15) is 4.79 Å².